The van der Waals surface area contributed by atoms with Crippen LogP contribution >= 0.6 is 0 Å². The first-order chi connectivity index (χ1) is 18.2. The van der Waals surface area contributed by atoms with Crippen LogP contribution in [-0.4, -0.2) is 89.7 Å². The Labute approximate surface area is 210 Å². The maximum atomic E-state index is 11.5. The van der Waals surface area contributed by atoms with Crippen LogP contribution in [-0.2, 0) is 4.74 Å². The molecule has 0 aliphatic carbocycles. The number of ether oxygens (including phenoxy) is 1. The van der Waals surface area contributed by atoms with Crippen LogP contribution in [0.4, 0.5) is 17.6 Å². The number of nitrogens with one attached hydrogen (secondary N) is 3. The van der Waals surface area contributed by atoms with Gasteiger partial charge in [0.25, 0.3) is 5.56 Å². The number of nitrogen functional groups attached to an aromatic ring is 3. The predicted molar refractivity (Wildman–Crippen MR) is 131 cm³/mol. The SMILES string of the molecule is Nc1ccn([C@@H]2O[C@H](CO)[C@@H](O)[C@H]2O)c(=O)n1.Nc1nc2[nH]cnc2c(=O)[nH]1.Nc1ncnc2[nH]cnc12. The molecule has 0 spiro atoms. The molecule has 0 bridgehead atoms. The van der Waals surface area contributed by atoms with E-state index in [4.69, 9.17) is 27.0 Å². The molecule has 19 heteroatoms. The van der Waals surface area contributed by atoms with Crippen LogP contribution in [0.3, 0.4) is 0 Å². The fourth-order valence-electron chi connectivity index (χ4n) is 3.38. The van der Waals surface area contributed by atoms with E-state index in [1.165, 1.54) is 31.2 Å². The lowest BCUT2D eigenvalue weighted by Gasteiger charge is -2.16. The van der Waals surface area contributed by atoms with Gasteiger partial charge in [0.1, 0.15) is 36.0 Å². The molecule has 0 radical (unpaired) electrons. The number of hydrogen-bond donors (Lipinski definition) is 9. The van der Waals surface area contributed by atoms with Gasteiger partial charge in [-0.05, 0) is 6.07 Å². The van der Waals surface area contributed by atoms with Gasteiger partial charge in [-0.1, -0.05) is 0 Å². The molecule has 0 amide bonds. The summed E-state index contributed by atoms with van der Waals surface area (Å²) in [4.78, 5) is 52.9. The van der Waals surface area contributed by atoms with Gasteiger partial charge in [-0.2, -0.15) is 9.97 Å². The number of rotatable bonds is 2. The van der Waals surface area contributed by atoms with Gasteiger partial charge in [-0.15, -0.1) is 0 Å². The molecule has 5 aromatic rings. The lowest BCUT2D eigenvalue weighted by molar-refractivity contribution is -0.0549. The van der Waals surface area contributed by atoms with Crippen LogP contribution in [0.2, 0.25) is 0 Å². The molecule has 6 heterocycles. The number of fused-ring (bicyclic) bond motifs is 2. The molecule has 12 N–H and O–H groups in total. The van der Waals surface area contributed by atoms with Crippen LogP contribution < -0.4 is 28.5 Å². The molecule has 6 rings (SSSR count). The summed E-state index contributed by atoms with van der Waals surface area (Å²) in [5.74, 6) is 0.552. The molecular formula is C19H23N13O6. The number of nitrogens with two attached hydrogens (primary N) is 3. The van der Waals surface area contributed by atoms with E-state index in [9.17, 15) is 19.8 Å². The van der Waals surface area contributed by atoms with Crippen molar-refractivity contribution in [1.29, 1.82) is 0 Å². The van der Waals surface area contributed by atoms with Gasteiger partial charge < -0.3 is 47.2 Å². The summed E-state index contributed by atoms with van der Waals surface area (Å²) in [5.41, 5.74) is 17.0. The number of H-pyrrole nitrogens is 3. The molecule has 38 heavy (non-hydrogen) atoms. The van der Waals surface area contributed by atoms with Gasteiger partial charge in [-0.3, -0.25) is 14.3 Å². The fraction of sp³-hybridized carbons (Fsp3) is 0.263. The van der Waals surface area contributed by atoms with Crippen LogP contribution in [0, 0.1) is 0 Å². The summed E-state index contributed by atoms with van der Waals surface area (Å²) >= 11 is 0. The number of anilines is 3. The van der Waals surface area contributed by atoms with Crippen molar-refractivity contribution in [3.63, 3.8) is 0 Å². The molecule has 0 saturated carbocycles. The van der Waals surface area contributed by atoms with Crippen molar-refractivity contribution in [2.75, 3.05) is 23.8 Å². The number of aromatic amines is 3. The Morgan fingerprint density at radius 3 is 2.32 bits per heavy atom. The Bertz CT molecular complexity index is 1650. The number of nitrogens with zero attached hydrogens (tertiary/aromatic N) is 7. The highest BCUT2D eigenvalue weighted by atomic mass is 16.6. The highest BCUT2D eigenvalue weighted by Gasteiger charge is 2.43. The normalized spacial score (nSPS) is 20.5. The van der Waals surface area contributed by atoms with Crippen LogP contribution in [0.5, 0.6) is 0 Å². The molecular weight excluding hydrogens is 506 g/mol. The fourth-order valence-corrected chi connectivity index (χ4v) is 3.38. The summed E-state index contributed by atoms with van der Waals surface area (Å²) in [5, 5.41) is 28.2. The number of aromatic nitrogens is 10. The average molecular weight is 529 g/mol. The van der Waals surface area contributed by atoms with Gasteiger partial charge in [0, 0.05) is 6.20 Å². The first-order valence-electron chi connectivity index (χ1n) is 10.7. The van der Waals surface area contributed by atoms with Crippen LogP contribution in [0.1, 0.15) is 6.23 Å². The molecule has 0 unspecified atom stereocenters. The second-order valence-electron chi connectivity index (χ2n) is 7.68. The van der Waals surface area contributed by atoms with Crippen molar-refractivity contribution in [3.05, 3.63) is 52.1 Å². The zero-order chi connectivity index (χ0) is 27.4. The van der Waals surface area contributed by atoms with Gasteiger partial charge in [0.2, 0.25) is 5.95 Å². The topological polar surface area (TPSA) is 312 Å². The van der Waals surface area contributed by atoms with E-state index in [-0.39, 0.29) is 22.8 Å². The quantitative estimate of drug-likeness (QED) is 0.108. The van der Waals surface area contributed by atoms with E-state index >= 15 is 0 Å². The zero-order valence-electron chi connectivity index (χ0n) is 19.3. The standard InChI is InChI=1S/C9H13N3O5.C5H5N5O.C5H5N5/c10-5-1-2-12(9(16)11-5)8-7(15)6(14)4(3-13)17-8;6-5-9-3-2(4(11)10-5)7-1-8-3;6-4-3-5(9-1-7-3)10-2-8-4/h1-2,4,6-8,13-15H,3H2,(H2,10,11,16);1H,(H4,6,7,8,9,10,11);1-2H,(H3,6,7,8,9,10)/t4-,6-,7-,8-;;/m1../s1. The molecule has 0 aromatic carbocycles. The molecule has 1 saturated heterocycles. The second-order valence-corrected chi connectivity index (χ2v) is 7.68. The van der Waals surface area contributed by atoms with E-state index < -0.39 is 36.8 Å². The largest absolute Gasteiger partial charge is 0.394 e. The molecule has 1 aliphatic rings. The summed E-state index contributed by atoms with van der Waals surface area (Å²) in [6.07, 6.45) is 1.06. The highest BCUT2D eigenvalue weighted by Crippen LogP contribution is 2.27. The van der Waals surface area contributed by atoms with Gasteiger partial charge >= 0.3 is 5.69 Å². The van der Waals surface area contributed by atoms with Crippen molar-refractivity contribution < 1.29 is 20.1 Å². The Balaban J connectivity index is 0.000000139. The maximum absolute atomic E-state index is 11.5. The zero-order valence-corrected chi connectivity index (χ0v) is 19.3. The van der Waals surface area contributed by atoms with Crippen molar-refractivity contribution in [2.45, 2.75) is 24.5 Å². The highest BCUT2D eigenvalue weighted by molar-refractivity contribution is 5.80. The van der Waals surface area contributed by atoms with Crippen molar-refractivity contribution in [1.82, 2.24) is 49.4 Å². The number of aliphatic hydroxyl groups excluding tert-OH is 3. The smallest absolute Gasteiger partial charge is 0.351 e. The summed E-state index contributed by atoms with van der Waals surface area (Å²) in [6, 6.07) is 1.37. The second kappa shape index (κ2) is 11.0. The first kappa shape index (κ1) is 26.1. The summed E-state index contributed by atoms with van der Waals surface area (Å²) in [7, 11) is 0. The maximum Gasteiger partial charge on any atom is 0.351 e. The predicted octanol–water partition coefficient (Wildman–Crippen LogP) is -3.40. The molecule has 200 valence electrons. The summed E-state index contributed by atoms with van der Waals surface area (Å²) < 4.78 is 6.19. The first-order valence-corrected chi connectivity index (χ1v) is 10.7. The minimum Gasteiger partial charge on any atom is -0.394 e. The monoisotopic (exact) mass is 529 g/mol. The molecule has 1 fully saturated rings. The van der Waals surface area contributed by atoms with Gasteiger partial charge in [-0.25, -0.2) is 24.7 Å². The Morgan fingerprint density at radius 1 is 0.947 bits per heavy atom. The minimum atomic E-state index is -1.31. The third kappa shape index (κ3) is 5.39. The van der Waals surface area contributed by atoms with Crippen molar-refractivity contribution in [3.8, 4) is 0 Å². The van der Waals surface area contributed by atoms with E-state index in [1.54, 1.807) is 0 Å². The third-order valence-corrected chi connectivity index (χ3v) is 5.20. The molecule has 19 nitrogen and oxygen atoms in total. The van der Waals surface area contributed by atoms with Crippen molar-refractivity contribution >= 4 is 39.9 Å². The van der Waals surface area contributed by atoms with Crippen LogP contribution in [0.15, 0.2) is 40.8 Å². The minimum absolute atomic E-state index is 0.0537. The van der Waals surface area contributed by atoms with E-state index in [1.807, 2.05) is 0 Å². The Morgan fingerprint density at radius 2 is 1.66 bits per heavy atom. The number of hydrogen-bond acceptors (Lipinski definition) is 15. The lowest BCUT2D eigenvalue weighted by atomic mass is 10.1. The Hall–Kier alpha value is -4.98. The van der Waals surface area contributed by atoms with Crippen LogP contribution in [0.25, 0.3) is 22.3 Å². The molecule has 5 aromatic heterocycles. The summed E-state index contributed by atoms with van der Waals surface area (Å²) in [6.45, 7) is -0.453. The number of imidazole rings is 2. The van der Waals surface area contributed by atoms with Gasteiger partial charge in [0.15, 0.2) is 28.9 Å². The van der Waals surface area contributed by atoms with Gasteiger partial charge in [0.05, 0.1) is 19.3 Å². The lowest BCUT2D eigenvalue weighted by Crippen LogP contribution is -2.36. The average Bonchev–Trinajstić information content (AvgIpc) is 3.61. The van der Waals surface area contributed by atoms with E-state index in [0.717, 1.165) is 4.57 Å². The Kier molecular flexibility index (Phi) is 7.53. The molecule has 1 aliphatic heterocycles. The van der Waals surface area contributed by atoms with Crippen molar-refractivity contribution in [2.24, 2.45) is 0 Å². The van der Waals surface area contributed by atoms with E-state index in [0.29, 0.717) is 22.6 Å². The number of aliphatic hydroxyl groups is 3. The van der Waals surface area contributed by atoms with E-state index in [2.05, 4.69) is 44.9 Å². The third-order valence-electron chi connectivity index (χ3n) is 5.20. The molecule has 4 atom stereocenters.